The highest BCUT2D eigenvalue weighted by atomic mass is 79.9. The molecule has 0 aliphatic carbocycles. The summed E-state index contributed by atoms with van der Waals surface area (Å²) in [6.07, 6.45) is 0. The highest BCUT2D eigenvalue weighted by Crippen LogP contribution is 2.25. The molecule has 0 radical (unpaired) electrons. The van der Waals surface area contributed by atoms with Crippen molar-refractivity contribution in [3.8, 4) is 5.75 Å². The van der Waals surface area contributed by atoms with E-state index in [4.69, 9.17) is 4.74 Å². The summed E-state index contributed by atoms with van der Waals surface area (Å²) in [5.74, 6) is -0.158. The highest BCUT2D eigenvalue weighted by molar-refractivity contribution is 9.10. The first kappa shape index (κ1) is 17.5. The normalized spacial score (nSPS) is 11.0. The maximum atomic E-state index is 11.6. The molecule has 5 nitrogen and oxygen atoms in total. The Balaban J connectivity index is 1.85. The molecule has 0 amide bonds. The van der Waals surface area contributed by atoms with Crippen molar-refractivity contribution in [2.45, 2.75) is 20.0 Å². The lowest BCUT2D eigenvalue weighted by atomic mass is 10.1. The number of hydrogen-bond acceptors (Lipinski definition) is 3. The first-order valence-corrected chi connectivity index (χ1v) is 8.66. The molecule has 25 heavy (non-hydrogen) atoms. The Bertz CT molecular complexity index is 934. The van der Waals surface area contributed by atoms with Crippen LogP contribution in [-0.2, 0) is 13.1 Å². The topological polar surface area (TPSA) is 74.3 Å². The Morgan fingerprint density at radius 3 is 2.76 bits per heavy atom. The number of benzene rings is 2. The van der Waals surface area contributed by atoms with Crippen molar-refractivity contribution in [1.29, 1.82) is 0 Å². The first-order valence-electron chi connectivity index (χ1n) is 7.87. The van der Waals surface area contributed by atoms with Gasteiger partial charge in [0, 0.05) is 39.6 Å². The van der Waals surface area contributed by atoms with E-state index in [1.807, 2.05) is 43.3 Å². The van der Waals surface area contributed by atoms with Gasteiger partial charge in [0.1, 0.15) is 11.4 Å². The van der Waals surface area contributed by atoms with Gasteiger partial charge >= 0.3 is 5.97 Å². The number of aromatic nitrogens is 1. The number of aryl methyl sites for hydroxylation is 1. The van der Waals surface area contributed by atoms with E-state index in [2.05, 4.69) is 26.2 Å². The summed E-state index contributed by atoms with van der Waals surface area (Å²) in [4.78, 5) is 14.6. The number of carboxylic acids is 1. The zero-order valence-electron chi connectivity index (χ0n) is 14.0. The average molecular weight is 403 g/mol. The summed E-state index contributed by atoms with van der Waals surface area (Å²) in [5, 5.41) is 13.7. The van der Waals surface area contributed by atoms with Crippen LogP contribution in [0.25, 0.3) is 10.9 Å². The Morgan fingerprint density at radius 1 is 1.24 bits per heavy atom. The molecular formula is C19H19BrN2O3. The van der Waals surface area contributed by atoms with E-state index in [0.29, 0.717) is 13.1 Å². The average Bonchev–Trinajstić information content (AvgIpc) is 2.93. The lowest BCUT2D eigenvalue weighted by Gasteiger charge is -2.10. The number of carbonyl (C=O) groups is 1. The molecule has 0 aliphatic heterocycles. The van der Waals surface area contributed by atoms with E-state index in [1.54, 1.807) is 7.11 Å². The number of rotatable bonds is 6. The van der Waals surface area contributed by atoms with Crippen molar-refractivity contribution >= 4 is 32.8 Å². The first-order chi connectivity index (χ1) is 12.0. The van der Waals surface area contributed by atoms with Crippen LogP contribution in [0.3, 0.4) is 0 Å². The monoisotopic (exact) mass is 402 g/mol. The number of aromatic carboxylic acids is 1. The zero-order chi connectivity index (χ0) is 18.0. The Morgan fingerprint density at radius 2 is 2.04 bits per heavy atom. The quantitative estimate of drug-likeness (QED) is 0.576. The van der Waals surface area contributed by atoms with Crippen molar-refractivity contribution in [1.82, 2.24) is 10.3 Å². The summed E-state index contributed by atoms with van der Waals surface area (Å²) < 4.78 is 6.34. The SMILES string of the molecule is COc1ccc(Br)cc1CNCc1c(C(=O)O)[nH]c2cc(C)ccc12. The summed E-state index contributed by atoms with van der Waals surface area (Å²) in [5.41, 5.74) is 3.92. The minimum absolute atomic E-state index is 0.231. The lowest BCUT2D eigenvalue weighted by Crippen LogP contribution is -2.15. The largest absolute Gasteiger partial charge is 0.496 e. The van der Waals surface area contributed by atoms with Crippen molar-refractivity contribution < 1.29 is 14.6 Å². The third-order valence-electron chi connectivity index (χ3n) is 4.14. The molecule has 2 aromatic carbocycles. The summed E-state index contributed by atoms with van der Waals surface area (Å²) >= 11 is 3.46. The molecule has 130 valence electrons. The van der Waals surface area contributed by atoms with Crippen LogP contribution in [0, 0.1) is 6.92 Å². The van der Waals surface area contributed by atoms with Crippen LogP contribution >= 0.6 is 15.9 Å². The molecule has 0 atom stereocenters. The van der Waals surface area contributed by atoms with Crippen LogP contribution < -0.4 is 10.1 Å². The van der Waals surface area contributed by atoms with Crippen LogP contribution in [0.2, 0.25) is 0 Å². The summed E-state index contributed by atoms with van der Waals surface area (Å²) in [6, 6.07) is 11.7. The van der Waals surface area contributed by atoms with Gasteiger partial charge in [0.15, 0.2) is 0 Å². The second kappa shape index (κ2) is 7.29. The van der Waals surface area contributed by atoms with Gasteiger partial charge in [0.05, 0.1) is 7.11 Å². The minimum atomic E-state index is -0.953. The molecule has 6 heteroatoms. The zero-order valence-corrected chi connectivity index (χ0v) is 15.6. The molecule has 1 aromatic heterocycles. The molecule has 0 saturated heterocycles. The molecular weight excluding hydrogens is 384 g/mol. The predicted octanol–water partition coefficient (Wildman–Crippen LogP) is 4.24. The number of nitrogens with one attached hydrogen (secondary N) is 2. The number of carboxylic acid groups (broad SMARTS) is 1. The summed E-state index contributed by atoms with van der Waals surface area (Å²) in [6.45, 7) is 3.00. The molecule has 0 bridgehead atoms. The maximum absolute atomic E-state index is 11.6. The van der Waals surface area contributed by atoms with Crippen molar-refractivity contribution in [2.24, 2.45) is 0 Å². The molecule has 3 N–H and O–H groups in total. The number of methoxy groups -OCH3 is 1. The van der Waals surface area contributed by atoms with Gasteiger partial charge in [-0.25, -0.2) is 4.79 Å². The Hall–Kier alpha value is -2.31. The summed E-state index contributed by atoms with van der Waals surface area (Å²) in [7, 11) is 1.64. The van der Waals surface area contributed by atoms with E-state index < -0.39 is 5.97 Å². The van der Waals surface area contributed by atoms with Crippen molar-refractivity contribution in [3.63, 3.8) is 0 Å². The van der Waals surface area contributed by atoms with Crippen LogP contribution in [0.1, 0.15) is 27.2 Å². The number of halogens is 1. The molecule has 0 saturated carbocycles. The molecule has 0 aliphatic rings. The highest BCUT2D eigenvalue weighted by Gasteiger charge is 2.17. The fourth-order valence-electron chi connectivity index (χ4n) is 2.94. The standard InChI is InChI=1S/C19H19BrN2O3/c1-11-3-5-14-15(18(19(23)24)22-16(14)7-11)10-21-9-12-8-13(20)4-6-17(12)25-2/h3-8,21-22H,9-10H2,1-2H3,(H,23,24). The van der Waals surface area contributed by atoms with Gasteiger partial charge in [-0.15, -0.1) is 0 Å². The van der Waals surface area contributed by atoms with Crippen LogP contribution in [-0.4, -0.2) is 23.2 Å². The van der Waals surface area contributed by atoms with Crippen LogP contribution in [0.15, 0.2) is 40.9 Å². The Kier molecular flexibility index (Phi) is 5.11. The van der Waals surface area contributed by atoms with E-state index in [0.717, 1.165) is 37.8 Å². The third-order valence-corrected chi connectivity index (χ3v) is 4.63. The van der Waals surface area contributed by atoms with E-state index >= 15 is 0 Å². The van der Waals surface area contributed by atoms with Crippen LogP contribution in [0.4, 0.5) is 0 Å². The fraction of sp³-hybridized carbons (Fsp3) is 0.211. The van der Waals surface area contributed by atoms with Gasteiger partial charge in [0.25, 0.3) is 0 Å². The number of fused-ring (bicyclic) bond motifs is 1. The number of H-pyrrole nitrogens is 1. The predicted molar refractivity (Wildman–Crippen MR) is 101 cm³/mol. The number of aromatic amines is 1. The van der Waals surface area contributed by atoms with Gasteiger partial charge in [-0.05, 0) is 36.8 Å². The molecule has 1 heterocycles. The molecule has 0 unspecified atom stereocenters. The smallest absolute Gasteiger partial charge is 0.352 e. The van der Waals surface area contributed by atoms with Gasteiger partial charge in [-0.2, -0.15) is 0 Å². The molecule has 3 aromatic rings. The second-order valence-corrected chi connectivity index (χ2v) is 6.81. The van der Waals surface area contributed by atoms with E-state index in [9.17, 15) is 9.90 Å². The third kappa shape index (κ3) is 3.70. The lowest BCUT2D eigenvalue weighted by molar-refractivity contribution is 0.0690. The number of hydrogen-bond donors (Lipinski definition) is 3. The Labute approximate surface area is 154 Å². The van der Waals surface area contributed by atoms with Gasteiger partial charge in [-0.3, -0.25) is 0 Å². The number of ether oxygens (including phenoxy) is 1. The van der Waals surface area contributed by atoms with Crippen molar-refractivity contribution in [2.75, 3.05) is 7.11 Å². The minimum Gasteiger partial charge on any atom is -0.496 e. The van der Waals surface area contributed by atoms with E-state index in [-0.39, 0.29) is 5.69 Å². The van der Waals surface area contributed by atoms with Gasteiger partial charge in [0.2, 0.25) is 0 Å². The van der Waals surface area contributed by atoms with Crippen molar-refractivity contribution in [3.05, 3.63) is 63.3 Å². The molecule has 3 rings (SSSR count). The second-order valence-electron chi connectivity index (χ2n) is 5.89. The van der Waals surface area contributed by atoms with E-state index in [1.165, 1.54) is 0 Å². The fourth-order valence-corrected chi connectivity index (χ4v) is 3.35. The van der Waals surface area contributed by atoms with Crippen LogP contribution in [0.5, 0.6) is 5.75 Å². The molecule has 0 fully saturated rings. The maximum Gasteiger partial charge on any atom is 0.352 e. The van der Waals surface area contributed by atoms with Gasteiger partial charge < -0.3 is 20.1 Å². The molecule has 0 spiro atoms. The van der Waals surface area contributed by atoms with Gasteiger partial charge in [-0.1, -0.05) is 28.1 Å².